The van der Waals surface area contributed by atoms with E-state index >= 15 is 0 Å². The first-order chi connectivity index (χ1) is 8.17. The molecule has 6 nitrogen and oxygen atoms in total. The average Bonchev–Trinajstić information content (AvgIpc) is 2.36. The first-order valence-corrected chi connectivity index (χ1v) is 5.17. The van der Waals surface area contributed by atoms with Crippen LogP contribution in [0.5, 0.6) is 17.2 Å². The standard InChI is InChI=1S/C11H13NO5/c1-15-9-4-3-7-5-8(12(13)14)6-17-10(7)11(9)16-2/h3-4,8H,5-6H2,1-2H3. The molecule has 1 aromatic rings. The third-order valence-electron chi connectivity index (χ3n) is 2.76. The summed E-state index contributed by atoms with van der Waals surface area (Å²) in [4.78, 5) is 10.4. The van der Waals surface area contributed by atoms with Gasteiger partial charge in [0.15, 0.2) is 18.1 Å². The number of rotatable bonds is 3. The Labute approximate surface area is 98.2 Å². The van der Waals surface area contributed by atoms with Crippen molar-refractivity contribution in [1.29, 1.82) is 0 Å². The van der Waals surface area contributed by atoms with Crippen LogP contribution < -0.4 is 14.2 Å². The van der Waals surface area contributed by atoms with Crippen molar-refractivity contribution in [3.63, 3.8) is 0 Å². The minimum Gasteiger partial charge on any atom is -0.493 e. The molecule has 92 valence electrons. The Morgan fingerprint density at radius 2 is 2.18 bits per heavy atom. The van der Waals surface area contributed by atoms with E-state index in [1.807, 2.05) is 0 Å². The molecule has 0 bridgehead atoms. The van der Waals surface area contributed by atoms with Crippen LogP contribution in [0.4, 0.5) is 0 Å². The second-order valence-electron chi connectivity index (χ2n) is 3.74. The molecular formula is C11H13NO5. The maximum Gasteiger partial charge on any atom is 0.250 e. The van der Waals surface area contributed by atoms with E-state index in [4.69, 9.17) is 14.2 Å². The lowest BCUT2D eigenvalue weighted by Crippen LogP contribution is -2.33. The number of fused-ring (bicyclic) bond motifs is 1. The Morgan fingerprint density at radius 1 is 1.41 bits per heavy atom. The highest BCUT2D eigenvalue weighted by molar-refractivity contribution is 5.56. The number of benzene rings is 1. The van der Waals surface area contributed by atoms with E-state index in [2.05, 4.69) is 0 Å². The molecular weight excluding hydrogens is 226 g/mol. The molecule has 0 aliphatic carbocycles. The number of methoxy groups -OCH3 is 2. The van der Waals surface area contributed by atoms with E-state index in [-0.39, 0.29) is 11.5 Å². The van der Waals surface area contributed by atoms with Crippen LogP contribution in [-0.4, -0.2) is 31.8 Å². The molecule has 0 spiro atoms. The Bertz CT molecular complexity index is 446. The Kier molecular flexibility index (Phi) is 3.03. The Hall–Kier alpha value is -1.98. The smallest absolute Gasteiger partial charge is 0.250 e. The summed E-state index contributed by atoms with van der Waals surface area (Å²) in [5, 5.41) is 10.7. The van der Waals surface area contributed by atoms with Crippen LogP contribution in [0, 0.1) is 10.1 Å². The summed E-state index contributed by atoms with van der Waals surface area (Å²) in [7, 11) is 3.05. The van der Waals surface area contributed by atoms with Crippen LogP contribution in [0.1, 0.15) is 5.56 Å². The van der Waals surface area contributed by atoms with Crippen molar-refractivity contribution < 1.29 is 19.1 Å². The maximum atomic E-state index is 10.7. The fraction of sp³-hybridized carbons (Fsp3) is 0.455. The van der Waals surface area contributed by atoms with Gasteiger partial charge >= 0.3 is 0 Å². The van der Waals surface area contributed by atoms with Gasteiger partial charge in [0.1, 0.15) is 0 Å². The van der Waals surface area contributed by atoms with Crippen molar-refractivity contribution in [1.82, 2.24) is 0 Å². The van der Waals surface area contributed by atoms with Crippen LogP contribution in [0.3, 0.4) is 0 Å². The Balaban J connectivity index is 2.38. The first-order valence-electron chi connectivity index (χ1n) is 5.17. The molecule has 2 rings (SSSR count). The number of nitrogens with zero attached hydrogens (tertiary/aromatic N) is 1. The largest absolute Gasteiger partial charge is 0.493 e. The molecule has 1 aliphatic rings. The minimum atomic E-state index is -0.694. The maximum absolute atomic E-state index is 10.7. The SMILES string of the molecule is COc1ccc2c(c1OC)OCC([N+](=O)[O-])C2. The topological polar surface area (TPSA) is 70.8 Å². The van der Waals surface area contributed by atoms with Crippen molar-refractivity contribution >= 4 is 0 Å². The zero-order valence-electron chi connectivity index (χ0n) is 9.63. The van der Waals surface area contributed by atoms with Crippen molar-refractivity contribution in [3.8, 4) is 17.2 Å². The van der Waals surface area contributed by atoms with E-state index in [0.29, 0.717) is 23.7 Å². The van der Waals surface area contributed by atoms with Gasteiger partial charge in [0, 0.05) is 16.9 Å². The Morgan fingerprint density at radius 3 is 2.76 bits per heavy atom. The first kappa shape index (κ1) is 11.5. The van der Waals surface area contributed by atoms with Crippen LogP contribution >= 0.6 is 0 Å². The summed E-state index contributed by atoms with van der Waals surface area (Å²) in [5.74, 6) is 1.60. The lowest BCUT2D eigenvalue weighted by atomic mass is 10.0. The molecule has 0 saturated carbocycles. The summed E-state index contributed by atoms with van der Waals surface area (Å²) in [5.41, 5.74) is 0.774. The summed E-state index contributed by atoms with van der Waals surface area (Å²) in [6.07, 6.45) is 0.350. The molecule has 0 N–H and O–H groups in total. The molecule has 0 saturated heterocycles. The van der Waals surface area contributed by atoms with Gasteiger partial charge in [-0.05, 0) is 6.07 Å². The molecule has 0 radical (unpaired) electrons. The van der Waals surface area contributed by atoms with Crippen molar-refractivity contribution in [2.45, 2.75) is 12.5 Å². The second-order valence-corrected chi connectivity index (χ2v) is 3.74. The molecule has 0 aromatic heterocycles. The van der Waals surface area contributed by atoms with Crippen molar-refractivity contribution in [2.75, 3.05) is 20.8 Å². The monoisotopic (exact) mass is 239 g/mol. The molecule has 1 aromatic carbocycles. The molecule has 1 atom stereocenters. The number of ether oxygens (including phenoxy) is 3. The van der Waals surface area contributed by atoms with E-state index in [0.717, 1.165) is 5.56 Å². The summed E-state index contributed by atoms with van der Waals surface area (Å²) in [6, 6.07) is 2.80. The predicted molar refractivity (Wildman–Crippen MR) is 59.5 cm³/mol. The highest BCUT2D eigenvalue weighted by Gasteiger charge is 2.31. The predicted octanol–water partition coefficient (Wildman–Crippen LogP) is 1.28. The third-order valence-corrected chi connectivity index (χ3v) is 2.76. The van der Waals surface area contributed by atoms with Gasteiger partial charge in [0.2, 0.25) is 5.75 Å². The molecule has 0 amide bonds. The van der Waals surface area contributed by atoms with Gasteiger partial charge in [-0.25, -0.2) is 0 Å². The van der Waals surface area contributed by atoms with E-state index in [9.17, 15) is 10.1 Å². The highest BCUT2D eigenvalue weighted by atomic mass is 16.6. The molecule has 0 fully saturated rings. The van der Waals surface area contributed by atoms with Crippen molar-refractivity contribution in [3.05, 3.63) is 27.8 Å². The van der Waals surface area contributed by atoms with Crippen LogP contribution in [0.25, 0.3) is 0 Å². The van der Waals surface area contributed by atoms with Crippen LogP contribution in [0.15, 0.2) is 12.1 Å². The van der Waals surface area contributed by atoms with Gasteiger partial charge in [0.25, 0.3) is 6.04 Å². The van der Waals surface area contributed by atoms with Gasteiger partial charge in [-0.1, -0.05) is 6.07 Å². The quantitative estimate of drug-likeness (QED) is 0.587. The highest BCUT2D eigenvalue weighted by Crippen LogP contribution is 2.42. The van der Waals surface area contributed by atoms with Gasteiger partial charge in [-0.15, -0.1) is 0 Å². The fourth-order valence-electron chi connectivity index (χ4n) is 1.89. The molecule has 17 heavy (non-hydrogen) atoms. The van der Waals surface area contributed by atoms with Gasteiger partial charge < -0.3 is 14.2 Å². The van der Waals surface area contributed by atoms with E-state index in [1.54, 1.807) is 12.1 Å². The normalized spacial score (nSPS) is 17.9. The summed E-state index contributed by atoms with van der Waals surface area (Å²) in [6.45, 7) is 0.0591. The van der Waals surface area contributed by atoms with Crippen molar-refractivity contribution in [2.24, 2.45) is 0 Å². The van der Waals surface area contributed by atoms with Crippen LogP contribution in [0.2, 0.25) is 0 Å². The summed E-state index contributed by atoms with van der Waals surface area (Å²) >= 11 is 0. The lowest BCUT2D eigenvalue weighted by molar-refractivity contribution is -0.525. The fourth-order valence-corrected chi connectivity index (χ4v) is 1.89. The zero-order chi connectivity index (χ0) is 12.4. The third kappa shape index (κ3) is 1.98. The van der Waals surface area contributed by atoms with E-state index in [1.165, 1.54) is 14.2 Å². The average molecular weight is 239 g/mol. The molecule has 1 unspecified atom stereocenters. The number of nitro groups is 1. The van der Waals surface area contributed by atoms with E-state index < -0.39 is 6.04 Å². The lowest BCUT2D eigenvalue weighted by Gasteiger charge is -2.23. The molecule has 6 heteroatoms. The molecule has 1 aliphatic heterocycles. The van der Waals surface area contributed by atoms with Gasteiger partial charge in [0.05, 0.1) is 14.2 Å². The number of hydrogen-bond acceptors (Lipinski definition) is 5. The molecule has 1 heterocycles. The summed E-state index contributed by atoms with van der Waals surface area (Å²) < 4.78 is 15.8. The minimum absolute atomic E-state index is 0.0591. The van der Waals surface area contributed by atoms with Crippen LogP contribution in [-0.2, 0) is 6.42 Å². The zero-order valence-corrected chi connectivity index (χ0v) is 9.63. The second kappa shape index (κ2) is 4.48. The van der Waals surface area contributed by atoms with Gasteiger partial charge in [-0.3, -0.25) is 10.1 Å². The number of hydrogen-bond donors (Lipinski definition) is 0. The van der Waals surface area contributed by atoms with Gasteiger partial charge in [-0.2, -0.15) is 0 Å².